The molecule has 82 valence electrons. The summed E-state index contributed by atoms with van der Waals surface area (Å²) >= 11 is 1.37. The average Bonchev–Trinajstić information content (AvgIpc) is 2.03. The first-order valence-electron chi connectivity index (χ1n) is 5.09. The summed E-state index contributed by atoms with van der Waals surface area (Å²) in [6, 6.07) is 0. The van der Waals surface area contributed by atoms with Gasteiger partial charge in [-0.2, -0.15) is 8.42 Å². The van der Waals surface area contributed by atoms with Gasteiger partial charge in [-0.15, -0.1) is 0 Å². The van der Waals surface area contributed by atoms with Gasteiger partial charge in [0, 0.05) is 0 Å². The monoisotopic (exact) mass is 234 g/mol. The Bertz CT molecular complexity index is 192. The van der Waals surface area contributed by atoms with E-state index in [0.717, 1.165) is 19.3 Å². The standard InChI is InChI=1S/C6H14O4S.C2H5.Na/c1-2-3-4-5-6-10-11(7,8)9;1-2;/h2-6H2,1H3,(H,7,8,9);1H2,2H3;. The van der Waals surface area contributed by atoms with Gasteiger partial charge in [0.1, 0.15) is 0 Å². The van der Waals surface area contributed by atoms with E-state index in [1.165, 1.54) is 31.6 Å². The van der Waals surface area contributed by atoms with E-state index >= 15 is 0 Å². The summed E-state index contributed by atoms with van der Waals surface area (Å²) in [6.07, 6.45) is 3.76. The molecule has 0 aliphatic heterocycles. The Morgan fingerprint density at radius 2 is 1.71 bits per heavy atom. The van der Waals surface area contributed by atoms with Crippen molar-refractivity contribution in [3.05, 3.63) is 0 Å². The number of hydrogen-bond acceptors (Lipinski definition) is 3. The van der Waals surface area contributed by atoms with Crippen LogP contribution in [0.5, 0.6) is 0 Å². The second-order valence-corrected chi connectivity index (χ2v) is 5.52. The fourth-order valence-corrected chi connectivity index (χ4v) is 1.02. The molecular formula is C8H19NaO4S. The van der Waals surface area contributed by atoms with Gasteiger partial charge in [-0.3, -0.25) is 4.55 Å². The fraction of sp³-hybridized carbons (Fsp3) is 1.00. The van der Waals surface area contributed by atoms with Crippen molar-refractivity contribution < 1.29 is 17.2 Å². The van der Waals surface area contributed by atoms with E-state index in [2.05, 4.69) is 18.0 Å². The summed E-state index contributed by atoms with van der Waals surface area (Å²) in [5.41, 5.74) is 0. The van der Waals surface area contributed by atoms with Gasteiger partial charge in [0.25, 0.3) is 0 Å². The van der Waals surface area contributed by atoms with Gasteiger partial charge in [0.05, 0.1) is 6.61 Å². The second-order valence-electron chi connectivity index (χ2n) is 3.02. The third kappa shape index (κ3) is 23.0. The minimum absolute atomic E-state index is 0.0822. The molecule has 0 rings (SSSR count). The predicted octanol–water partition coefficient (Wildman–Crippen LogP) is 1.98. The van der Waals surface area contributed by atoms with Crippen LogP contribution < -0.4 is 0 Å². The molecule has 14 heavy (non-hydrogen) atoms. The number of hydrogen-bond donors (Lipinski definition) is 1. The van der Waals surface area contributed by atoms with Crippen LogP contribution in [0.3, 0.4) is 0 Å². The van der Waals surface area contributed by atoms with Crippen molar-refractivity contribution in [3.63, 3.8) is 0 Å². The maximum absolute atomic E-state index is 10.00. The van der Waals surface area contributed by atoms with Gasteiger partial charge >= 0.3 is 48.9 Å². The molecular weight excluding hydrogens is 215 g/mol. The van der Waals surface area contributed by atoms with Gasteiger partial charge in [0.2, 0.25) is 0 Å². The molecule has 0 amide bonds. The molecule has 4 nitrogen and oxygen atoms in total. The quantitative estimate of drug-likeness (QED) is 0.433. The molecule has 0 aromatic heterocycles. The fourth-order valence-electron chi connectivity index (χ4n) is 0.693. The van der Waals surface area contributed by atoms with E-state index in [0.29, 0.717) is 6.42 Å². The van der Waals surface area contributed by atoms with Gasteiger partial charge in [-0.05, 0) is 6.42 Å². The van der Waals surface area contributed by atoms with Gasteiger partial charge in [-0.1, -0.05) is 26.2 Å². The molecule has 0 aliphatic rings. The zero-order chi connectivity index (χ0) is 11.4. The molecule has 0 spiro atoms. The van der Waals surface area contributed by atoms with E-state index < -0.39 is 10.4 Å². The van der Waals surface area contributed by atoms with Crippen molar-refractivity contribution >= 4 is 38.3 Å². The van der Waals surface area contributed by atoms with Gasteiger partial charge in [0.15, 0.2) is 0 Å². The number of rotatable bonds is 6. The Morgan fingerprint density at radius 3 is 2.07 bits per heavy atom. The van der Waals surface area contributed by atoms with Crippen molar-refractivity contribution in [2.75, 3.05) is 6.61 Å². The van der Waals surface area contributed by atoms with Crippen molar-refractivity contribution in [1.29, 1.82) is 0 Å². The summed E-state index contributed by atoms with van der Waals surface area (Å²) in [4.78, 5) is 0. The van der Waals surface area contributed by atoms with Crippen molar-refractivity contribution in [3.8, 4) is 0 Å². The molecule has 0 heterocycles. The predicted molar refractivity (Wildman–Crippen MR) is 57.9 cm³/mol. The van der Waals surface area contributed by atoms with E-state index in [9.17, 15) is 8.42 Å². The molecule has 0 bridgehead atoms. The maximum atomic E-state index is 10.00. The Kier molecular flexibility index (Phi) is 14.7. The third-order valence-electron chi connectivity index (χ3n) is 1.23. The van der Waals surface area contributed by atoms with Crippen molar-refractivity contribution in [2.24, 2.45) is 0 Å². The van der Waals surface area contributed by atoms with E-state index in [1.807, 2.05) is 0 Å². The van der Waals surface area contributed by atoms with E-state index in [1.54, 1.807) is 0 Å². The topological polar surface area (TPSA) is 63.6 Å². The van der Waals surface area contributed by atoms with Crippen LogP contribution in [0.15, 0.2) is 0 Å². The molecule has 0 saturated carbocycles. The summed E-state index contributed by atoms with van der Waals surface area (Å²) in [6.45, 7) is 4.33. The normalized spacial score (nSPS) is 10.6. The average molecular weight is 234 g/mol. The van der Waals surface area contributed by atoms with Crippen LogP contribution in [-0.2, 0) is 14.6 Å². The van der Waals surface area contributed by atoms with E-state index in [-0.39, 0.29) is 6.61 Å². The molecule has 6 heteroatoms. The van der Waals surface area contributed by atoms with Crippen LogP contribution in [0.4, 0.5) is 0 Å². The first-order chi connectivity index (χ1) is 6.47. The molecule has 0 aromatic rings. The van der Waals surface area contributed by atoms with Crippen LogP contribution in [0.1, 0.15) is 39.5 Å². The number of unbranched alkanes of at least 4 members (excludes halogenated alkanes) is 3. The molecule has 0 radical (unpaired) electrons. The molecule has 0 unspecified atom stereocenters. The SMILES string of the molecule is CCCCCCOS(=O)(=O)O.C[CH2][Na]. The van der Waals surface area contributed by atoms with Crippen molar-refractivity contribution in [1.82, 2.24) is 0 Å². The zero-order valence-electron chi connectivity index (χ0n) is 9.32. The van der Waals surface area contributed by atoms with Gasteiger partial charge in [-0.25, -0.2) is 4.18 Å². The van der Waals surface area contributed by atoms with Crippen LogP contribution in [-0.4, -0.2) is 47.5 Å². The minimum atomic E-state index is -4.21. The molecule has 0 aliphatic carbocycles. The Morgan fingerprint density at radius 1 is 1.21 bits per heavy atom. The van der Waals surface area contributed by atoms with Crippen LogP contribution in [0.2, 0.25) is 3.67 Å². The molecule has 0 atom stereocenters. The summed E-state index contributed by atoms with van der Waals surface area (Å²) in [5, 5.41) is 0. The summed E-state index contributed by atoms with van der Waals surface area (Å²) in [5.74, 6) is 0. The second kappa shape index (κ2) is 11.9. The Labute approximate surface area is 105 Å². The van der Waals surface area contributed by atoms with Crippen LogP contribution in [0, 0.1) is 0 Å². The Hall–Kier alpha value is 0.870. The summed E-state index contributed by atoms with van der Waals surface area (Å²) in [7, 11) is -4.21. The zero-order valence-corrected chi connectivity index (χ0v) is 12.1. The third-order valence-corrected chi connectivity index (χ3v) is 1.69. The van der Waals surface area contributed by atoms with Gasteiger partial charge < -0.3 is 0 Å². The van der Waals surface area contributed by atoms with Crippen LogP contribution >= 0.6 is 0 Å². The first kappa shape index (κ1) is 17.3. The van der Waals surface area contributed by atoms with Crippen LogP contribution in [0.25, 0.3) is 0 Å². The van der Waals surface area contributed by atoms with E-state index in [4.69, 9.17) is 4.55 Å². The van der Waals surface area contributed by atoms with Crippen molar-refractivity contribution in [2.45, 2.75) is 43.2 Å². The molecule has 1 N–H and O–H groups in total. The first-order valence-corrected chi connectivity index (χ1v) is 7.87. The molecule has 0 aromatic carbocycles. The summed E-state index contributed by atoms with van der Waals surface area (Å²) < 4.78 is 33.6. The molecule has 0 saturated heterocycles. The Balaban J connectivity index is 0. The molecule has 0 fully saturated rings.